The van der Waals surface area contributed by atoms with Gasteiger partial charge in [0.05, 0.1) is 24.7 Å². The van der Waals surface area contributed by atoms with E-state index in [1.165, 1.54) is 19.3 Å². The first-order chi connectivity index (χ1) is 6.34. The van der Waals surface area contributed by atoms with Crippen molar-refractivity contribution in [3.05, 3.63) is 12.4 Å². The fourth-order valence-corrected chi connectivity index (χ4v) is 1.25. The lowest BCUT2D eigenvalue weighted by Crippen LogP contribution is -2.19. The average Bonchev–Trinajstić information content (AvgIpc) is 2.05. The molecular weight excluding hydrogens is 166 g/mol. The van der Waals surface area contributed by atoms with Crippen molar-refractivity contribution in [3.63, 3.8) is 0 Å². The average molecular weight is 179 g/mol. The molecule has 70 valence electrons. The zero-order valence-electron chi connectivity index (χ0n) is 7.44. The van der Waals surface area contributed by atoms with Gasteiger partial charge >= 0.3 is 6.01 Å². The highest BCUT2D eigenvalue weighted by atomic mass is 16.5. The third kappa shape index (κ3) is 2.08. The topological polar surface area (TPSA) is 61.0 Å². The maximum atomic E-state index is 5.44. The number of nitrogens with zero attached hydrogens (tertiary/aromatic N) is 2. The van der Waals surface area contributed by atoms with E-state index >= 15 is 0 Å². The van der Waals surface area contributed by atoms with Crippen molar-refractivity contribution in [2.45, 2.75) is 19.3 Å². The van der Waals surface area contributed by atoms with Gasteiger partial charge in [0, 0.05) is 0 Å². The molecule has 0 spiro atoms. The molecule has 1 aromatic heterocycles. The largest absolute Gasteiger partial charge is 0.463 e. The molecule has 0 unspecified atom stereocenters. The van der Waals surface area contributed by atoms with E-state index < -0.39 is 0 Å². The van der Waals surface area contributed by atoms with E-state index in [-0.39, 0.29) is 0 Å². The molecule has 1 aromatic rings. The van der Waals surface area contributed by atoms with Crippen LogP contribution in [0.4, 0.5) is 5.69 Å². The molecule has 0 bridgehead atoms. The molecule has 0 radical (unpaired) electrons. The standard InChI is InChI=1S/C9H13N3O/c10-8-4-11-9(12-5-8)13-6-7-2-1-3-7/h4-5,7H,1-3,6,10H2. The first kappa shape index (κ1) is 8.29. The third-order valence-electron chi connectivity index (χ3n) is 2.32. The Morgan fingerprint density at radius 1 is 1.38 bits per heavy atom. The van der Waals surface area contributed by atoms with Crippen molar-refractivity contribution in [1.82, 2.24) is 9.97 Å². The number of rotatable bonds is 3. The maximum absolute atomic E-state index is 5.44. The van der Waals surface area contributed by atoms with Gasteiger partial charge in [-0.25, -0.2) is 9.97 Å². The second kappa shape index (κ2) is 3.60. The second-order valence-electron chi connectivity index (χ2n) is 3.41. The Morgan fingerprint density at radius 3 is 2.62 bits per heavy atom. The van der Waals surface area contributed by atoms with E-state index in [0.717, 1.165) is 6.61 Å². The van der Waals surface area contributed by atoms with Crippen molar-refractivity contribution in [2.75, 3.05) is 12.3 Å². The first-order valence-electron chi connectivity index (χ1n) is 4.55. The fourth-order valence-electron chi connectivity index (χ4n) is 1.25. The molecule has 0 aliphatic heterocycles. The Kier molecular flexibility index (Phi) is 2.29. The number of nitrogens with two attached hydrogens (primary N) is 1. The molecular formula is C9H13N3O. The lowest BCUT2D eigenvalue weighted by atomic mass is 9.86. The summed E-state index contributed by atoms with van der Waals surface area (Å²) in [6.07, 6.45) is 6.99. The van der Waals surface area contributed by atoms with Crippen LogP contribution < -0.4 is 10.5 Å². The Morgan fingerprint density at radius 2 is 2.08 bits per heavy atom. The Bertz CT molecular complexity index is 269. The van der Waals surface area contributed by atoms with E-state index in [9.17, 15) is 0 Å². The van der Waals surface area contributed by atoms with Crippen molar-refractivity contribution in [2.24, 2.45) is 5.92 Å². The zero-order chi connectivity index (χ0) is 9.10. The first-order valence-corrected chi connectivity index (χ1v) is 4.55. The Hall–Kier alpha value is -1.32. The van der Waals surface area contributed by atoms with Crippen molar-refractivity contribution >= 4 is 5.69 Å². The summed E-state index contributed by atoms with van der Waals surface area (Å²) in [7, 11) is 0. The van der Waals surface area contributed by atoms with E-state index in [0.29, 0.717) is 17.6 Å². The van der Waals surface area contributed by atoms with E-state index in [1.807, 2.05) is 0 Å². The van der Waals surface area contributed by atoms with Gasteiger partial charge in [0.2, 0.25) is 0 Å². The molecule has 4 nitrogen and oxygen atoms in total. The highest BCUT2D eigenvalue weighted by molar-refractivity contribution is 5.30. The number of hydrogen-bond donors (Lipinski definition) is 1. The number of nitrogen functional groups attached to an aromatic ring is 1. The van der Waals surface area contributed by atoms with Crippen LogP contribution >= 0.6 is 0 Å². The second-order valence-corrected chi connectivity index (χ2v) is 3.41. The van der Waals surface area contributed by atoms with Gasteiger partial charge in [-0.15, -0.1) is 0 Å². The predicted molar refractivity (Wildman–Crippen MR) is 49.3 cm³/mol. The van der Waals surface area contributed by atoms with Gasteiger partial charge in [0.1, 0.15) is 0 Å². The van der Waals surface area contributed by atoms with Crippen LogP contribution in [0.25, 0.3) is 0 Å². The van der Waals surface area contributed by atoms with Crippen LogP contribution in [0.5, 0.6) is 6.01 Å². The smallest absolute Gasteiger partial charge is 0.316 e. The van der Waals surface area contributed by atoms with Crippen molar-refractivity contribution in [3.8, 4) is 6.01 Å². The van der Waals surface area contributed by atoms with E-state index in [2.05, 4.69) is 9.97 Å². The monoisotopic (exact) mass is 179 g/mol. The fraction of sp³-hybridized carbons (Fsp3) is 0.556. The summed E-state index contributed by atoms with van der Waals surface area (Å²) in [6.45, 7) is 0.740. The summed E-state index contributed by atoms with van der Waals surface area (Å²) in [5.41, 5.74) is 6.01. The van der Waals surface area contributed by atoms with Crippen LogP contribution in [0, 0.1) is 5.92 Å². The van der Waals surface area contributed by atoms with Gasteiger partial charge < -0.3 is 10.5 Å². The molecule has 1 aliphatic rings. The molecule has 1 aliphatic carbocycles. The maximum Gasteiger partial charge on any atom is 0.316 e. The van der Waals surface area contributed by atoms with Gasteiger partial charge in [0.15, 0.2) is 0 Å². The summed E-state index contributed by atoms with van der Waals surface area (Å²) in [5, 5.41) is 0. The molecule has 1 saturated carbocycles. The predicted octanol–water partition coefficient (Wildman–Crippen LogP) is 1.24. The number of anilines is 1. The summed E-state index contributed by atoms with van der Waals surface area (Å²) in [5.74, 6) is 0.709. The molecule has 1 fully saturated rings. The van der Waals surface area contributed by atoms with Gasteiger partial charge in [-0.3, -0.25) is 0 Å². The number of ether oxygens (including phenoxy) is 1. The molecule has 13 heavy (non-hydrogen) atoms. The van der Waals surface area contributed by atoms with E-state index in [4.69, 9.17) is 10.5 Å². The Balaban J connectivity index is 1.83. The number of hydrogen-bond acceptors (Lipinski definition) is 4. The molecule has 1 heterocycles. The van der Waals surface area contributed by atoms with Crippen molar-refractivity contribution in [1.29, 1.82) is 0 Å². The summed E-state index contributed by atoms with van der Waals surface area (Å²) < 4.78 is 5.39. The van der Waals surface area contributed by atoms with Crippen LogP contribution in [0.3, 0.4) is 0 Å². The molecule has 2 N–H and O–H groups in total. The molecule has 0 amide bonds. The lowest BCUT2D eigenvalue weighted by Gasteiger charge is -2.24. The molecule has 2 rings (SSSR count). The zero-order valence-corrected chi connectivity index (χ0v) is 7.44. The van der Waals surface area contributed by atoms with Crippen LogP contribution in [-0.4, -0.2) is 16.6 Å². The van der Waals surface area contributed by atoms with Gasteiger partial charge in [-0.05, 0) is 18.8 Å². The summed E-state index contributed by atoms with van der Waals surface area (Å²) in [4.78, 5) is 7.90. The lowest BCUT2D eigenvalue weighted by molar-refractivity contribution is 0.170. The third-order valence-corrected chi connectivity index (χ3v) is 2.32. The van der Waals surface area contributed by atoms with Crippen LogP contribution in [0.15, 0.2) is 12.4 Å². The Labute approximate surface area is 77.1 Å². The quantitative estimate of drug-likeness (QED) is 0.758. The van der Waals surface area contributed by atoms with Gasteiger partial charge in [-0.2, -0.15) is 0 Å². The minimum Gasteiger partial charge on any atom is -0.463 e. The van der Waals surface area contributed by atoms with Crippen LogP contribution in [0.1, 0.15) is 19.3 Å². The number of aromatic nitrogens is 2. The van der Waals surface area contributed by atoms with Crippen LogP contribution in [-0.2, 0) is 0 Å². The molecule has 0 saturated heterocycles. The molecule has 4 heteroatoms. The van der Waals surface area contributed by atoms with Crippen molar-refractivity contribution < 1.29 is 4.74 Å². The minimum atomic E-state index is 0.432. The minimum absolute atomic E-state index is 0.432. The van der Waals surface area contributed by atoms with Crippen LogP contribution in [0.2, 0.25) is 0 Å². The molecule has 0 atom stereocenters. The van der Waals surface area contributed by atoms with Gasteiger partial charge in [-0.1, -0.05) is 6.42 Å². The highest BCUT2D eigenvalue weighted by Gasteiger charge is 2.18. The van der Waals surface area contributed by atoms with Gasteiger partial charge in [0.25, 0.3) is 0 Å². The highest BCUT2D eigenvalue weighted by Crippen LogP contribution is 2.26. The summed E-state index contributed by atoms with van der Waals surface area (Å²) >= 11 is 0. The van der Waals surface area contributed by atoms with E-state index in [1.54, 1.807) is 12.4 Å². The molecule has 0 aromatic carbocycles. The summed E-state index contributed by atoms with van der Waals surface area (Å²) in [6, 6.07) is 0.432. The normalized spacial score (nSPS) is 16.6. The SMILES string of the molecule is Nc1cnc(OCC2CCC2)nc1.